The average molecular weight is 235 g/mol. The Kier molecular flexibility index (Phi) is 3.89. The number of methoxy groups -OCH3 is 1. The maximum atomic E-state index is 9.97. The van der Waals surface area contributed by atoms with Crippen LogP contribution in [0.25, 0.3) is 0 Å². The summed E-state index contributed by atoms with van der Waals surface area (Å²) >= 11 is 0. The fourth-order valence-electron chi connectivity index (χ4n) is 2.51. The van der Waals surface area contributed by atoms with Gasteiger partial charge in [-0.3, -0.25) is 0 Å². The minimum Gasteiger partial charge on any atom is -0.508 e. The van der Waals surface area contributed by atoms with Gasteiger partial charge in [0, 0.05) is 0 Å². The minimum atomic E-state index is 0.397. The molecule has 0 radical (unpaired) electrons. The van der Waals surface area contributed by atoms with Gasteiger partial charge in [0.25, 0.3) is 0 Å². The van der Waals surface area contributed by atoms with E-state index in [1.54, 1.807) is 13.2 Å². The lowest BCUT2D eigenvalue weighted by Crippen LogP contribution is -2.30. The van der Waals surface area contributed by atoms with E-state index < -0.39 is 0 Å². The van der Waals surface area contributed by atoms with Crippen LogP contribution >= 0.6 is 0 Å². The van der Waals surface area contributed by atoms with Gasteiger partial charge in [-0.2, -0.15) is 0 Å². The first-order valence-electron chi connectivity index (χ1n) is 6.28. The van der Waals surface area contributed by atoms with Crippen LogP contribution in [-0.2, 0) is 6.42 Å². The predicted octanol–water partition coefficient (Wildman–Crippen LogP) is 2.25. The molecule has 0 spiro atoms. The van der Waals surface area contributed by atoms with Crippen LogP contribution in [-0.4, -0.2) is 25.3 Å². The molecule has 1 aliphatic rings. The number of phenolic OH excluding ortho intramolecular Hbond substituents is 1. The largest absolute Gasteiger partial charge is 0.508 e. The zero-order valence-corrected chi connectivity index (χ0v) is 10.6. The maximum absolute atomic E-state index is 9.97. The second-order valence-corrected chi connectivity index (χ2v) is 4.87. The average Bonchev–Trinajstić information content (AvgIpc) is 2.34. The molecule has 2 N–H and O–H groups in total. The van der Waals surface area contributed by atoms with E-state index in [0.717, 1.165) is 36.4 Å². The van der Waals surface area contributed by atoms with Crippen molar-refractivity contribution in [2.45, 2.75) is 26.2 Å². The van der Waals surface area contributed by atoms with Crippen LogP contribution in [0.1, 0.15) is 24.0 Å². The zero-order chi connectivity index (χ0) is 12.3. The molecule has 1 aliphatic heterocycles. The summed E-state index contributed by atoms with van der Waals surface area (Å²) in [5.41, 5.74) is 1.98. The van der Waals surface area contributed by atoms with E-state index in [1.807, 2.05) is 13.0 Å². The highest BCUT2D eigenvalue weighted by Crippen LogP contribution is 2.30. The SMILES string of the molecule is COc1cc(CC2CCCNC2)c(O)cc1C. The summed E-state index contributed by atoms with van der Waals surface area (Å²) in [4.78, 5) is 0. The molecule has 1 unspecified atom stereocenters. The Hall–Kier alpha value is -1.22. The second-order valence-electron chi connectivity index (χ2n) is 4.87. The van der Waals surface area contributed by atoms with Gasteiger partial charge in [-0.25, -0.2) is 0 Å². The van der Waals surface area contributed by atoms with E-state index in [4.69, 9.17) is 4.74 Å². The van der Waals surface area contributed by atoms with E-state index in [1.165, 1.54) is 12.8 Å². The van der Waals surface area contributed by atoms with Crippen molar-refractivity contribution in [3.63, 3.8) is 0 Å². The molecule has 3 nitrogen and oxygen atoms in total. The van der Waals surface area contributed by atoms with E-state index in [9.17, 15) is 5.11 Å². The summed E-state index contributed by atoms with van der Waals surface area (Å²) in [7, 11) is 1.67. The Morgan fingerprint density at radius 2 is 2.29 bits per heavy atom. The van der Waals surface area contributed by atoms with Gasteiger partial charge in [0.15, 0.2) is 0 Å². The molecule has 0 amide bonds. The van der Waals surface area contributed by atoms with Gasteiger partial charge in [0.2, 0.25) is 0 Å². The monoisotopic (exact) mass is 235 g/mol. The molecule has 0 aliphatic carbocycles. The number of hydrogen-bond donors (Lipinski definition) is 2. The zero-order valence-electron chi connectivity index (χ0n) is 10.6. The number of benzene rings is 1. The number of hydrogen-bond acceptors (Lipinski definition) is 3. The number of phenols is 1. The molecule has 2 rings (SSSR count). The number of piperidine rings is 1. The van der Waals surface area contributed by atoms with Gasteiger partial charge >= 0.3 is 0 Å². The Labute approximate surface area is 103 Å². The Morgan fingerprint density at radius 3 is 2.94 bits per heavy atom. The molecule has 17 heavy (non-hydrogen) atoms. The molecule has 1 fully saturated rings. The number of ether oxygens (including phenoxy) is 1. The summed E-state index contributed by atoms with van der Waals surface area (Å²) in [6, 6.07) is 3.77. The number of nitrogens with one attached hydrogen (secondary N) is 1. The molecule has 1 saturated heterocycles. The van der Waals surface area contributed by atoms with Crippen molar-refractivity contribution in [1.29, 1.82) is 0 Å². The van der Waals surface area contributed by atoms with E-state index in [0.29, 0.717) is 11.7 Å². The Bertz CT molecular complexity index is 384. The normalized spacial score (nSPS) is 20.2. The van der Waals surface area contributed by atoms with E-state index in [2.05, 4.69) is 5.32 Å². The molecule has 3 heteroatoms. The molecule has 1 atom stereocenters. The summed E-state index contributed by atoms with van der Waals surface area (Å²) in [6.45, 7) is 4.12. The highest BCUT2D eigenvalue weighted by atomic mass is 16.5. The summed E-state index contributed by atoms with van der Waals surface area (Å²) < 4.78 is 5.30. The van der Waals surface area contributed by atoms with Crippen molar-refractivity contribution in [1.82, 2.24) is 5.32 Å². The minimum absolute atomic E-state index is 0.397. The van der Waals surface area contributed by atoms with Crippen LogP contribution in [0.5, 0.6) is 11.5 Å². The highest BCUT2D eigenvalue weighted by Gasteiger charge is 2.16. The summed E-state index contributed by atoms with van der Waals surface area (Å²) in [6.07, 6.45) is 3.40. The number of aromatic hydroxyl groups is 1. The second kappa shape index (κ2) is 5.41. The third-order valence-electron chi connectivity index (χ3n) is 3.50. The molecule has 0 saturated carbocycles. The van der Waals surface area contributed by atoms with Crippen LogP contribution in [0, 0.1) is 12.8 Å². The molecular formula is C14H21NO2. The standard InChI is InChI=1S/C14H21NO2/c1-10-6-13(16)12(8-14(10)17-2)7-11-4-3-5-15-9-11/h6,8,11,15-16H,3-5,7,9H2,1-2H3. The summed E-state index contributed by atoms with van der Waals surface area (Å²) in [5, 5.41) is 13.4. The molecule has 1 aromatic carbocycles. The fourth-order valence-corrected chi connectivity index (χ4v) is 2.51. The van der Waals surface area contributed by atoms with Gasteiger partial charge in [-0.1, -0.05) is 0 Å². The van der Waals surface area contributed by atoms with Crippen molar-refractivity contribution in [2.24, 2.45) is 5.92 Å². The van der Waals surface area contributed by atoms with Gasteiger partial charge in [-0.05, 0) is 68.5 Å². The van der Waals surface area contributed by atoms with Gasteiger partial charge < -0.3 is 15.2 Å². The fraction of sp³-hybridized carbons (Fsp3) is 0.571. The first-order valence-corrected chi connectivity index (χ1v) is 6.28. The molecule has 0 bridgehead atoms. The van der Waals surface area contributed by atoms with Crippen LogP contribution in [0.3, 0.4) is 0 Å². The lowest BCUT2D eigenvalue weighted by atomic mass is 9.91. The molecule has 94 valence electrons. The van der Waals surface area contributed by atoms with Crippen molar-refractivity contribution in [2.75, 3.05) is 20.2 Å². The third kappa shape index (κ3) is 2.91. The van der Waals surface area contributed by atoms with E-state index in [-0.39, 0.29) is 0 Å². The van der Waals surface area contributed by atoms with Gasteiger partial charge in [-0.15, -0.1) is 0 Å². The lowest BCUT2D eigenvalue weighted by molar-refractivity contribution is 0.367. The third-order valence-corrected chi connectivity index (χ3v) is 3.50. The first-order chi connectivity index (χ1) is 8.20. The highest BCUT2D eigenvalue weighted by molar-refractivity contribution is 5.45. The molecule has 1 heterocycles. The molecule has 0 aromatic heterocycles. The van der Waals surface area contributed by atoms with Crippen molar-refractivity contribution in [3.05, 3.63) is 23.3 Å². The summed E-state index contributed by atoms with van der Waals surface area (Å²) in [5.74, 6) is 1.89. The van der Waals surface area contributed by atoms with Crippen LogP contribution in [0.4, 0.5) is 0 Å². The maximum Gasteiger partial charge on any atom is 0.122 e. The van der Waals surface area contributed by atoms with E-state index >= 15 is 0 Å². The number of aryl methyl sites for hydroxylation is 1. The van der Waals surface area contributed by atoms with Crippen LogP contribution in [0.2, 0.25) is 0 Å². The smallest absolute Gasteiger partial charge is 0.122 e. The molecular weight excluding hydrogens is 214 g/mol. The lowest BCUT2D eigenvalue weighted by Gasteiger charge is -2.23. The predicted molar refractivity (Wildman–Crippen MR) is 68.7 cm³/mol. The quantitative estimate of drug-likeness (QED) is 0.844. The van der Waals surface area contributed by atoms with Crippen molar-refractivity contribution < 1.29 is 9.84 Å². The molecule has 1 aromatic rings. The topological polar surface area (TPSA) is 41.5 Å². The number of rotatable bonds is 3. The van der Waals surface area contributed by atoms with Crippen molar-refractivity contribution >= 4 is 0 Å². The Balaban J connectivity index is 2.13. The van der Waals surface area contributed by atoms with Crippen LogP contribution in [0.15, 0.2) is 12.1 Å². The first kappa shape index (κ1) is 12.2. The van der Waals surface area contributed by atoms with Crippen LogP contribution < -0.4 is 10.1 Å². The Morgan fingerprint density at radius 1 is 1.47 bits per heavy atom. The van der Waals surface area contributed by atoms with Gasteiger partial charge in [0.1, 0.15) is 11.5 Å². The van der Waals surface area contributed by atoms with Gasteiger partial charge in [0.05, 0.1) is 7.11 Å². The van der Waals surface area contributed by atoms with Crippen molar-refractivity contribution in [3.8, 4) is 11.5 Å².